The van der Waals surface area contributed by atoms with E-state index >= 15 is 0 Å². The molecule has 0 heterocycles. The molecule has 2 aliphatic rings. The highest BCUT2D eigenvalue weighted by molar-refractivity contribution is 5.78. The fourth-order valence-electron chi connectivity index (χ4n) is 3.11. The van der Waals surface area contributed by atoms with Gasteiger partial charge in [0.2, 0.25) is 0 Å². The largest absolute Gasteiger partial charge is 0.370 e. The Labute approximate surface area is 121 Å². The van der Waals surface area contributed by atoms with Crippen LogP contribution in [0.1, 0.15) is 37.7 Å². The summed E-state index contributed by atoms with van der Waals surface area (Å²) in [6.45, 7) is 0.880. The third-order valence-electron chi connectivity index (χ3n) is 4.87. The molecule has 0 spiro atoms. The Kier molecular flexibility index (Phi) is 3.68. The van der Waals surface area contributed by atoms with E-state index in [0.717, 1.165) is 18.9 Å². The van der Waals surface area contributed by atoms with Gasteiger partial charge in [-0.2, -0.15) is 0 Å². The summed E-state index contributed by atoms with van der Waals surface area (Å²) in [5, 5.41) is 0. The molecule has 1 aromatic carbocycles. The summed E-state index contributed by atoms with van der Waals surface area (Å²) in [7, 11) is 2.07. The number of benzene rings is 1. The van der Waals surface area contributed by atoms with Gasteiger partial charge in [-0.3, -0.25) is 4.99 Å². The summed E-state index contributed by atoms with van der Waals surface area (Å²) >= 11 is 0. The van der Waals surface area contributed by atoms with Crippen LogP contribution in [0.4, 0.5) is 0 Å². The van der Waals surface area contributed by atoms with Gasteiger partial charge in [0.1, 0.15) is 0 Å². The van der Waals surface area contributed by atoms with Crippen molar-refractivity contribution < 1.29 is 0 Å². The molecule has 0 unspecified atom stereocenters. The number of hydrogen-bond acceptors (Lipinski definition) is 1. The third-order valence-corrected chi connectivity index (χ3v) is 4.87. The van der Waals surface area contributed by atoms with Gasteiger partial charge in [-0.05, 0) is 43.1 Å². The lowest BCUT2D eigenvalue weighted by Crippen LogP contribution is -2.39. The Morgan fingerprint density at radius 3 is 2.55 bits per heavy atom. The van der Waals surface area contributed by atoms with E-state index in [2.05, 4.69) is 42.3 Å². The maximum Gasteiger partial charge on any atom is 0.191 e. The molecule has 2 aliphatic carbocycles. The highest BCUT2D eigenvalue weighted by Crippen LogP contribution is 2.44. The summed E-state index contributed by atoms with van der Waals surface area (Å²) in [4.78, 5) is 6.84. The van der Waals surface area contributed by atoms with Crippen molar-refractivity contribution in [3.05, 3.63) is 35.9 Å². The van der Waals surface area contributed by atoms with Crippen molar-refractivity contribution in [3.8, 4) is 0 Å². The van der Waals surface area contributed by atoms with Crippen molar-refractivity contribution in [2.45, 2.75) is 44.6 Å². The Morgan fingerprint density at radius 2 is 2.00 bits per heavy atom. The van der Waals surface area contributed by atoms with Crippen LogP contribution < -0.4 is 5.73 Å². The SMILES string of the molecule is CN(C(N)=NCC1(Cc2ccccc2)CCC1)C1CC1. The van der Waals surface area contributed by atoms with E-state index in [4.69, 9.17) is 10.7 Å². The van der Waals surface area contributed by atoms with Gasteiger partial charge in [0.25, 0.3) is 0 Å². The van der Waals surface area contributed by atoms with Crippen LogP contribution in [0.3, 0.4) is 0 Å². The van der Waals surface area contributed by atoms with Crippen molar-refractivity contribution in [1.82, 2.24) is 4.90 Å². The Morgan fingerprint density at radius 1 is 1.30 bits per heavy atom. The molecule has 2 fully saturated rings. The zero-order valence-corrected chi connectivity index (χ0v) is 12.4. The maximum absolute atomic E-state index is 6.11. The molecular formula is C17H25N3. The van der Waals surface area contributed by atoms with E-state index in [1.54, 1.807) is 0 Å². The minimum Gasteiger partial charge on any atom is -0.370 e. The Bertz CT molecular complexity index is 472. The summed E-state index contributed by atoms with van der Waals surface area (Å²) < 4.78 is 0. The molecule has 2 N–H and O–H groups in total. The maximum atomic E-state index is 6.11. The van der Waals surface area contributed by atoms with E-state index in [1.165, 1.54) is 37.7 Å². The quantitative estimate of drug-likeness (QED) is 0.661. The van der Waals surface area contributed by atoms with Crippen LogP contribution in [0.2, 0.25) is 0 Å². The molecule has 108 valence electrons. The number of nitrogens with two attached hydrogens (primary N) is 1. The van der Waals surface area contributed by atoms with Crippen molar-refractivity contribution >= 4 is 5.96 Å². The predicted octanol–water partition coefficient (Wildman–Crippen LogP) is 2.81. The summed E-state index contributed by atoms with van der Waals surface area (Å²) in [6, 6.07) is 11.4. The number of hydrogen-bond donors (Lipinski definition) is 1. The van der Waals surface area contributed by atoms with Gasteiger partial charge in [-0.1, -0.05) is 36.8 Å². The molecule has 2 saturated carbocycles. The van der Waals surface area contributed by atoms with Gasteiger partial charge in [-0.25, -0.2) is 0 Å². The molecule has 0 aliphatic heterocycles. The minimum absolute atomic E-state index is 0.358. The summed E-state index contributed by atoms with van der Waals surface area (Å²) in [5.41, 5.74) is 7.90. The molecule has 0 aromatic heterocycles. The molecule has 0 bridgehead atoms. The van der Waals surface area contributed by atoms with Gasteiger partial charge in [0, 0.05) is 19.6 Å². The smallest absolute Gasteiger partial charge is 0.191 e. The van der Waals surface area contributed by atoms with Crippen LogP contribution in [0.5, 0.6) is 0 Å². The van der Waals surface area contributed by atoms with E-state index < -0.39 is 0 Å². The number of guanidine groups is 1. The standard InChI is InChI=1S/C17H25N3/c1-20(15-8-9-15)16(18)19-13-17(10-5-11-17)12-14-6-3-2-4-7-14/h2-4,6-7,15H,5,8-13H2,1H3,(H2,18,19). The van der Waals surface area contributed by atoms with Crippen molar-refractivity contribution in [1.29, 1.82) is 0 Å². The first-order chi connectivity index (χ1) is 9.69. The molecular weight excluding hydrogens is 246 g/mol. The monoisotopic (exact) mass is 271 g/mol. The van der Waals surface area contributed by atoms with Crippen LogP contribution in [0.15, 0.2) is 35.3 Å². The van der Waals surface area contributed by atoms with E-state index in [0.29, 0.717) is 11.5 Å². The first kappa shape index (κ1) is 13.5. The Hall–Kier alpha value is -1.51. The number of rotatable bonds is 5. The summed E-state index contributed by atoms with van der Waals surface area (Å²) in [5.74, 6) is 0.729. The zero-order valence-electron chi connectivity index (χ0n) is 12.4. The third kappa shape index (κ3) is 2.97. The lowest BCUT2D eigenvalue weighted by Gasteiger charge is -2.41. The zero-order chi connectivity index (χ0) is 14.0. The van der Waals surface area contributed by atoms with E-state index in [9.17, 15) is 0 Å². The van der Waals surface area contributed by atoms with Crippen LogP contribution in [0.25, 0.3) is 0 Å². The second kappa shape index (κ2) is 5.47. The summed E-state index contributed by atoms with van der Waals surface area (Å²) in [6.07, 6.45) is 7.57. The molecule has 3 nitrogen and oxygen atoms in total. The lowest BCUT2D eigenvalue weighted by molar-refractivity contribution is 0.145. The average molecular weight is 271 g/mol. The fraction of sp³-hybridized carbons (Fsp3) is 0.588. The van der Waals surface area contributed by atoms with Crippen LogP contribution in [-0.2, 0) is 6.42 Å². The van der Waals surface area contributed by atoms with Crippen molar-refractivity contribution in [3.63, 3.8) is 0 Å². The van der Waals surface area contributed by atoms with Crippen LogP contribution >= 0.6 is 0 Å². The molecule has 3 rings (SSSR count). The predicted molar refractivity (Wildman–Crippen MR) is 83.7 cm³/mol. The van der Waals surface area contributed by atoms with Gasteiger partial charge in [0.05, 0.1) is 0 Å². The normalized spacial score (nSPS) is 21.4. The van der Waals surface area contributed by atoms with Gasteiger partial charge >= 0.3 is 0 Å². The molecule has 0 saturated heterocycles. The van der Waals surface area contributed by atoms with Gasteiger partial charge < -0.3 is 10.6 Å². The highest BCUT2D eigenvalue weighted by atomic mass is 15.3. The molecule has 3 heteroatoms. The highest BCUT2D eigenvalue weighted by Gasteiger charge is 2.37. The van der Waals surface area contributed by atoms with Crippen molar-refractivity contribution in [2.75, 3.05) is 13.6 Å². The van der Waals surface area contributed by atoms with E-state index in [-0.39, 0.29) is 0 Å². The van der Waals surface area contributed by atoms with E-state index in [1.807, 2.05) is 0 Å². The molecule has 0 atom stereocenters. The van der Waals surface area contributed by atoms with Crippen LogP contribution in [-0.4, -0.2) is 30.5 Å². The second-order valence-corrected chi connectivity index (χ2v) is 6.53. The van der Waals surface area contributed by atoms with Gasteiger partial charge in [-0.15, -0.1) is 0 Å². The van der Waals surface area contributed by atoms with Crippen LogP contribution in [0, 0.1) is 5.41 Å². The average Bonchev–Trinajstić information content (AvgIpc) is 3.26. The second-order valence-electron chi connectivity index (χ2n) is 6.53. The molecule has 20 heavy (non-hydrogen) atoms. The number of aliphatic imine (C=N–C) groups is 1. The first-order valence-corrected chi connectivity index (χ1v) is 7.75. The fourth-order valence-corrected chi connectivity index (χ4v) is 3.11. The van der Waals surface area contributed by atoms with Crippen molar-refractivity contribution in [2.24, 2.45) is 16.1 Å². The Balaban J connectivity index is 1.62. The topological polar surface area (TPSA) is 41.6 Å². The molecule has 1 aromatic rings. The first-order valence-electron chi connectivity index (χ1n) is 7.75. The number of nitrogens with zero attached hydrogens (tertiary/aromatic N) is 2. The molecule has 0 amide bonds. The minimum atomic E-state index is 0.358. The lowest BCUT2D eigenvalue weighted by atomic mass is 9.65. The molecule has 0 radical (unpaired) electrons. The van der Waals surface area contributed by atoms with Gasteiger partial charge in [0.15, 0.2) is 5.96 Å².